The molecular formula is C8H6F5NO2S. The summed E-state index contributed by atoms with van der Waals surface area (Å²) in [6.45, 7) is 0. The van der Waals surface area contributed by atoms with E-state index < -0.39 is 38.6 Å². The van der Waals surface area contributed by atoms with Crippen LogP contribution in [0.25, 0.3) is 0 Å². The van der Waals surface area contributed by atoms with E-state index in [0.717, 1.165) is 6.07 Å². The number of alkyl halides is 3. The van der Waals surface area contributed by atoms with E-state index in [9.17, 15) is 30.4 Å². The number of hydrogen-bond acceptors (Lipinski definition) is 2. The van der Waals surface area contributed by atoms with Gasteiger partial charge >= 0.3 is 6.18 Å². The first-order chi connectivity index (χ1) is 7.55. The van der Waals surface area contributed by atoms with Crippen molar-refractivity contribution in [2.45, 2.75) is 11.4 Å². The summed E-state index contributed by atoms with van der Waals surface area (Å²) in [5, 5.41) is 1.09. The molecule has 0 radical (unpaired) electrons. The SMILES string of the molecule is NS(=O)(=O)C(c1cccc(F)c1F)C(F)(F)F. The maximum atomic E-state index is 13.1. The number of nitrogens with two attached hydrogens (primary N) is 1. The molecule has 9 heteroatoms. The standard InChI is InChI=1S/C8H6F5NO2S/c9-5-3-1-2-4(6(5)10)7(8(11,12)13)17(14,15)16/h1-3,7H,(H2,14,15,16). The zero-order valence-electron chi connectivity index (χ0n) is 8.00. The molecule has 17 heavy (non-hydrogen) atoms. The van der Waals surface area contributed by atoms with Crippen LogP contribution in [0.1, 0.15) is 10.8 Å². The fraction of sp³-hybridized carbons (Fsp3) is 0.250. The Labute approximate surface area is 93.1 Å². The van der Waals surface area contributed by atoms with Crippen molar-refractivity contribution in [3.8, 4) is 0 Å². The Bertz CT molecular complexity index is 525. The summed E-state index contributed by atoms with van der Waals surface area (Å²) in [6, 6.07) is 1.84. The molecule has 0 aromatic heterocycles. The van der Waals surface area contributed by atoms with E-state index in [0.29, 0.717) is 12.1 Å². The Kier molecular flexibility index (Phi) is 3.44. The highest BCUT2D eigenvalue weighted by molar-refractivity contribution is 7.89. The van der Waals surface area contributed by atoms with Gasteiger partial charge in [-0.1, -0.05) is 12.1 Å². The van der Waals surface area contributed by atoms with Crippen molar-refractivity contribution in [1.82, 2.24) is 0 Å². The van der Waals surface area contributed by atoms with Gasteiger partial charge in [0.15, 0.2) is 16.9 Å². The molecule has 0 aliphatic carbocycles. The van der Waals surface area contributed by atoms with Gasteiger partial charge in [0.25, 0.3) is 0 Å². The average molecular weight is 275 g/mol. The minimum Gasteiger partial charge on any atom is -0.228 e. The molecule has 0 bridgehead atoms. The van der Waals surface area contributed by atoms with Crippen molar-refractivity contribution in [3.05, 3.63) is 35.4 Å². The monoisotopic (exact) mass is 275 g/mol. The van der Waals surface area contributed by atoms with Crippen LogP contribution in [0.3, 0.4) is 0 Å². The molecule has 0 amide bonds. The summed E-state index contributed by atoms with van der Waals surface area (Å²) in [7, 11) is -5.15. The van der Waals surface area contributed by atoms with Gasteiger partial charge in [-0.15, -0.1) is 0 Å². The lowest BCUT2D eigenvalue weighted by Gasteiger charge is -2.18. The third-order valence-electron chi connectivity index (χ3n) is 1.89. The maximum absolute atomic E-state index is 13.1. The lowest BCUT2D eigenvalue weighted by atomic mass is 10.1. The zero-order valence-corrected chi connectivity index (χ0v) is 8.82. The number of halogens is 5. The summed E-state index contributed by atoms with van der Waals surface area (Å²) in [4.78, 5) is 0. The number of hydrogen-bond donors (Lipinski definition) is 1. The molecule has 2 N–H and O–H groups in total. The lowest BCUT2D eigenvalue weighted by molar-refractivity contribution is -0.132. The van der Waals surface area contributed by atoms with Crippen LogP contribution in [-0.2, 0) is 10.0 Å². The Hall–Kier alpha value is -1.22. The highest BCUT2D eigenvalue weighted by atomic mass is 32.2. The van der Waals surface area contributed by atoms with Gasteiger partial charge in [0, 0.05) is 5.56 Å². The van der Waals surface area contributed by atoms with Gasteiger partial charge in [0.1, 0.15) is 0 Å². The minimum absolute atomic E-state index is 0.515. The van der Waals surface area contributed by atoms with Crippen LogP contribution >= 0.6 is 0 Å². The first kappa shape index (κ1) is 13.8. The molecule has 1 unspecified atom stereocenters. The molecule has 1 aromatic rings. The predicted octanol–water partition coefficient (Wildman–Crippen LogP) is 1.86. The summed E-state index contributed by atoms with van der Waals surface area (Å²) in [5.74, 6) is -3.47. The lowest BCUT2D eigenvalue weighted by Crippen LogP contribution is -2.34. The van der Waals surface area contributed by atoms with Crippen LogP contribution in [0.15, 0.2) is 18.2 Å². The fourth-order valence-electron chi connectivity index (χ4n) is 1.26. The van der Waals surface area contributed by atoms with Crippen molar-refractivity contribution < 1.29 is 30.4 Å². The second kappa shape index (κ2) is 4.22. The number of primary sulfonamides is 1. The summed E-state index contributed by atoms with van der Waals surface area (Å²) < 4.78 is 84.9. The molecule has 96 valence electrons. The van der Waals surface area contributed by atoms with E-state index >= 15 is 0 Å². The molecule has 1 atom stereocenters. The highest BCUT2D eigenvalue weighted by Gasteiger charge is 2.49. The number of sulfonamides is 1. The van der Waals surface area contributed by atoms with Crippen molar-refractivity contribution in [1.29, 1.82) is 0 Å². The van der Waals surface area contributed by atoms with Crippen LogP contribution in [-0.4, -0.2) is 14.6 Å². The average Bonchev–Trinajstić information content (AvgIpc) is 2.08. The topological polar surface area (TPSA) is 60.2 Å². The van der Waals surface area contributed by atoms with Crippen molar-refractivity contribution in [2.24, 2.45) is 5.14 Å². The fourth-order valence-corrected chi connectivity index (χ4v) is 2.17. The number of rotatable bonds is 2. The van der Waals surface area contributed by atoms with Crippen molar-refractivity contribution in [3.63, 3.8) is 0 Å². The third kappa shape index (κ3) is 2.91. The highest BCUT2D eigenvalue weighted by Crippen LogP contribution is 2.39. The number of benzene rings is 1. The summed E-state index contributed by atoms with van der Waals surface area (Å²) >= 11 is 0. The van der Waals surface area contributed by atoms with Gasteiger partial charge in [0.2, 0.25) is 10.0 Å². The Morgan fingerprint density at radius 2 is 1.71 bits per heavy atom. The predicted molar refractivity (Wildman–Crippen MR) is 48.3 cm³/mol. The summed E-state index contributed by atoms with van der Waals surface area (Å²) in [6.07, 6.45) is -5.33. The van der Waals surface area contributed by atoms with Crippen LogP contribution < -0.4 is 5.14 Å². The molecular weight excluding hydrogens is 269 g/mol. The van der Waals surface area contributed by atoms with Crippen LogP contribution in [0.2, 0.25) is 0 Å². The third-order valence-corrected chi connectivity index (χ3v) is 3.07. The van der Waals surface area contributed by atoms with Crippen LogP contribution in [0.4, 0.5) is 22.0 Å². The first-order valence-corrected chi connectivity index (χ1v) is 5.68. The van der Waals surface area contributed by atoms with Crippen molar-refractivity contribution >= 4 is 10.0 Å². The second-order valence-electron chi connectivity index (χ2n) is 3.15. The van der Waals surface area contributed by atoms with Gasteiger partial charge in [-0.3, -0.25) is 0 Å². The molecule has 0 aliphatic heterocycles. The van der Waals surface area contributed by atoms with Gasteiger partial charge in [0.05, 0.1) is 0 Å². The Morgan fingerprint density at radius 1 is 1.18 bits per heavy atom. The van der Waals surface area contributed by atoms with Crippen LogP contribution in [0, 0.1) is 11.6 Å². The normalized spacial score (nSPS) is 14.7. The van der Waals surface area contributed by atoms with Gasteiger partial charge in [-0.2, -0.15) is 13.2 Å². The Balaban J connectivity index is 3.50. The van der Waals surface area contributed by atoms with Gasteiger partial charge < -0.3 is 0 Å². The van der Waals surface area contributed by atoms with Crippen LogP contribution in [0.5, 0.6) is 0 Å². The van der Waals surface area contributed by atoms with E-state index in [2.05, 4.69) is 5.14 Å². The molecule has 1 rings (SSSR count). The molecule has 0 saturated carbocycles. The van der Waals surface area contributed by atoms with Gasteiger partial charge in [-0.25, -0.2) is 22.3 Å². The minimum atomic E-state index is -5.33. The zero-order chi connectivity index (χ0) is 13.4. The van der Waals surface area contributed by atoms with E-state index in [1.54, 1.807) is 0 Å². The van der Waals surface area contributed by atoms with E-state index in [1.165, 1.54) is 0 Å². The molecule has 0 saturated heterocycles. The molecule has 1 aromatic carbocycles. The van der Waals surface area contributed by atoms with Crippen molar-refractivity contribution in [2.75, 3.05) is 0 Å². The van der Waals surface area contributed by atoms with E-state index in [1.807, 2.05) is 0 Å². The van der Waals surface area contributed by atoms with E-state index in [4.69, 9.17) is 0 Å². The van der Waals surface area contributed by atoms with Gasteiger partial charge in [-0.05, 0) is 6.07 Å². The molecule has 0 spiro atoms. The summed E-state index contributed by atoms with van der Waals surface area (Å²) in [5.41, 5.74) is -1.36. The largest absolute Gasteiger partial charge is 0.410 e. The maximum Gasteiger partial charge on any atom is 0.410 e. The Morgan fingerprint density at radius 3 is 2.12 bits per heavy atom. The molecule has 0 fully saturated rings. The van der Waals surface area contributed by atoms with E-state index in [-0.39, 0.29) is 0 Å². The first-order valence-electron chi connectivity index (χ1n) is 4.07. The molecule has 0 heterocycles. The molecule has 3 nitrogen and oxygen atoms in total. The molecule has 0 aliphatic rings. The second-order valence-corrected chi connectivity index (χ2v) is 4.80. The quantitative estimate of drug-likeness (QED) is 0.837. The smallest absolute Gasteiger partial charge is 0.228 e.